The molecular weight excluding hydrogens is 616 g/mol. The van der Waals surface area contributed by atoms with E-state index in [-0.39, 0.29) is 11.6 Å². The van der Waals surface area contributed by atoms with Gasteiger partial charge in [0.1, 0.15) is 0 Å². The first-order chi connectivity index (χ1) is 17.9. The lowest BCUT2D eigenvalue weighted by Gasteiger charge is -2.30. The standard InChI is InChI=1S/C29H20Br2N2O3S/c1-16(34)36-27-19(13-20(30)15-23(27)31)14-24-28(35)33-26(18-8-3-2-4-9-18)22-12-11-17-7-5-6-10-21(17)25(22)32-29(33)37-24/h2-10,13-15,26H,11-12H2,1H3/b24-14+/t26-/m1/s1. The number of thiazole rings is 1. The Bertz CT molecular complexity index is 1790. The largest absolute Gasteiger partial charge is 0.425 e. The van der Waals surface area contributed by atoms with Crippen LogP contribution in [-0.4, -0.2) is 10.5 Å². The van der Waals surface area contributed by atoms with Crippen molar-refractivity contribution in [1.29, 1.82) is 0 Å². The second-order valence-electron chi connectivity index (χ2n) is 8.92. The van der Waals surface area contributed by atoms with Crippen LogP contribution in [0.4, 0.5) is 0 Å². The second-order valence-corrected chi connectivity index (χ2v) is 11.7. The minimum atomic E-state index is -0.436. The summed E-state index contributed by atoms with van der Waals surface area (Å²) in [5.41, 5.74) is 6.10. The van der Waals surface area contributed by atoms with Gasteiger partial charge < -0.3 is 4.74 Å². The van der Waals surface area contributed by atoms with Crippen molar-refractivity contribution in [3.63, 3.8) is 0 Å². The van der Waals surface area contributed by atoms with Crippen LogP contribution in [-0.2, 0) is 11.2 Å². The molecule has 2 aliphatic rings. The van der Waals surface area contributed by atoms with Gasteiger partial charge in [0.15, 0.2) is 10.6 Å². The average molecular weight is 636 g/mol. The Hall–Kier alpha value is -3.07. The number of hydrogen-bond donors (Lipinski definition) is 0. The van der Waals surface area contributed by atoms with Crippen molar-refractivity contribution < 1.29 is 9.53 Å². The van der Waals surface area contributed by atoms with Gasteiger partial charge in [0, 0.05) is 22.5 Å². The van der Waals surface area contributed by atoms with Crippen LogP contribution in [0.2, 0.25) is 0 Å². The first-order valence-corrected chi connectivity index (χ1v) is 14.2. The molecule has 8 heteroatoms. The third kappa shape index (κ3) is 4.37. The van der Waals surface area contributed by atoms with E-state index in [0.717, 1.165) is 39.7 Å². The van der Waals surface area contributed by atoms with E-state index >= 15 is 0 Å². The molecule has 0 bridgehead atoms. The van der Waals surface area contributed by atoms with Crippen LogP contribution in [0.25, 0.3) is 11.8 Å². The summed E-state index contributed by atoms with van der Waals surface area (Å²) in [6.07, 6.45) is 3.53. The average Bonchev–Trinajstić information content (AvgIpc) is 3.19. The molecular formula is C29H20Br2N2O3S. The number of halogens is 2. The van der Waals surface area contributed by atoms with Crippen LogP contribution in [0, 0.1) is 0 Å². The van der Waals surface area contributed by atoms with Gasteiger partial charge in [0.2, 0.25) is 0 Å². The van der Waals surface area contributed by atoms with Gasteiger partial charge >= 0.3 is 5.97 Å². The molecule has 4 aromatic rings. The van der Waals surface area contributed by atoms with Crippen LogP contribution < -0.4 is 19.6 Å². The molecule has 1 aliphatic carbocycles. The van der Waals surface area contributed by atoms with Gasteiger partial charge in [0.25, 0.3) is 5.56 Å². The van der Waals surface area contributed by atoms with Gasteiger partial charge in [0.05, 0.1) is 20.7 Å². The van der Waals surface area contributed by atoms with Crippen molar-refractivity contribution >= 4 is 60.9 Å². The van der Waals surface area contributed by atoms with Crippen LogP contribution >= 0.6 is 43.2 Å². The minimum absolute atomic E-state index is 0.118. The molecule has 0 N–H and O–H groups in total. The first kappa shape index (κ1) is 24.3. The Balaban J connectivity index is 1.62. The highest BCUT2D eigenvalue weighted by Crippen LogP contribution is 2.41. The van der Waals surface area contributed by atoms with Gasteiger partial charge in [-0.2, -0.15) is 0 Å². The maximum Gasteiger partial charge on any atom is 0.308 e. The van der Waals surface area contributed by atoms with Gasteiger partial charge in [-0.05, 0) is 63.7 Å². The Morgan fingerprint density at radius 3 is 2.62 bits per heavy atom. The predicted octanol–water partition coefficient (Wildman–Crippen LogP) is 5.77. The molecule has 0 radical (unpaired) electrons. The number of aryl methyl sites for hydroxylation is 1. The third-order valence-corrected chi connectivity index (χ3v) is 8.59. The number of carbonyl (C=O) groups is 1. The minimum Gasteiger partial charge on any atom is -0.425 e. The molecule has 184 valence electrons. The summed E-state index contributed by atoms with van der Waals surface area (Å²) in [7, 11) is 0. The molecule has 0 saturated heterocycles. The molecule has 3 aromatic carbocycles. The number of rotatable bonds is 3. The summed E-state index contributed by atoms with van der Waals surface area (Å²) >= 11 is 8.33. The molecule has 6 rings (SSSR count). The lowest BCUT2D eigenvalue weighted by Crippen LogP contribution is -2.38. The number of allylic oxidation sites excluding steroid dienone is 1. The summed E-state index contributed by atoms with van der Waals surface area (Å²) in [4.78, 5) is 31.4. The van der Waals surface area contributed by atoms with Gasteiger partial charge in [-0.15, -0.1) is 0 Å². The third-order valence-electron chi connectivity index (χ3n) is 6.56. The lowest BCUT2D eigenvalue weighted by atomic mass is 9.83. The van der Waals surface area contributed by atoms with E-state index < -0.39 is 5.97 Å². The fourth-order valence-corrected chi connectivity index (χ4v) is 7.37. The SMILES string of the molecule is CC(=O)Oc1c(Br)cc(Br)cc1/C=c1/sc2n(c1=O)[C@H](c1ccccc1)C1=C(N=2)c2ccccc2CC1. The maximum atomic E-state index is 14.0. The van der Waals surface area contributed by atoms with Crippen molar-refractivity contribution in [2.45, 2.75) is 25.8 Å². The second kappa shape index (κ2) is 9.67. The molecule has 0 amide bonds. The van der Waals surface area contributed by atoms with E-state index in [2.05, 4.69) is 62.2 Å². The van der Waals surface area contributed by atoms with Gasteiger partial charge in [-0.1, -0.05) is 81.9 Å². The van der Waals surface area contributed by atoms with E-state index in [4.69, 9.17) is 9.73 Å². The molecule has 5 nitrogen and oxygen atoms in total. The summed E-state index contributed by atoms with van der Waals surface area (Å²) in [5.74, 6) is -0.0658. The lowest BCUT2D eigenvalue weighted by molar-refractivity contribution is -0.131. The predicted molar refractivity (Wildman–Crippen MR) is 152 cm³/mol. The first-order valence-electron chi connectivity index (χ1n) is 11.8. The molecule has 0 spiro atoms. The smallest absolute Gasteiger partial charge is 0.308 e. The molecule has 0 fully saturated rings. The molecule has 2 heterocycles. The number of benzene rings is 3. The van der Waals surface area contributed by atoms with Crippen molar-refractivity contribution in [3.05, 3.63) is 123 Å². The zero-order valence-electron chi connectivity index (χ0n) is 19.7. The zero-order chi connectivity index (χ0) is 25.7. The number of fused-ring (bicyclic) bond motifs is 3. The molecule has 37 heavy (non-hydrogen) atoms. The van der Waals surface area contributed by atoms with Crippen LogP contribution in [0.3, 0.4) is 0 Å². The fraction of sp³-hybridized carbons (Fsp3) is 0.138. The maximum absolute atomic E-state index is 14.0. The summed E-state index contributed by atoms with van der Waals surface area (Å²) in [6, 6.07) is 21.9. The Labute approximate surface area is 233 Å². The fourth-order valence-electron chi connectivity index (χ4n) is 5.04. The molecule has 0 unspecified atom stereocenters. The number of ether oxygens (including phenoxy) is 1. The highest BCUT2D eigenvalue weighted by atomic mass is 79.9. The van der Waals surface area contributed by atoms with Crippen molar-refractivity contribution in [1.82, 2.24) is 4.57 Å². The monoisotopic (exact) mass is 634 g/mol. The van der Waals surface area contributed by atoms with E-state index in [1.165, 1.54) is 23.8 Å². The van der Waals surface area contributed by atoms with E-state index in [1.807, 2.05) is 34.9 Å². The zero-order valence-corrected chi connectivity index (χ0v) is 23.7. The van der Waals surface area contributed by atoms with Crippen LogP contribution in [0.5, 0.6) is 5.75 Å². The quantitative estimate of drug-likeness (QED) is 0.212. The molecule has 1 aliphatic heterocycles. The summed E-state index contributed by atoms with van der Waals surface area (Å²) < 4.78 is 9.23. The van der Waals surface area contributed by atoms with Crippen LogP contribution in [0.15, 0.2) is 91.0 Å². The highest BCUT2D eigenvalue weighted by Gasteiger charge is 2.32. The number of carbonyl (C=O) groups excluding carboxylic acids is 1. The summed E-state index contributed by atoms with van der Waals surface area (Å²) in [5, 5.41) is 0. The highest BCUT2D eigenvalue weighted by molar-refractivity contribution is 9.11. The number of esters is 1. The van der Waals surface area contributed by atoms with Crippen LogP contribution in [0.1, 0.15) is 41.6 Å². The molecule has 1 atom stereocenters. The normalized spacial score (nSPS) is 16.5. The Morgan fingerprint density at radius 1 is 1.08 bits per heavy atom. The topological polar surface area (TPSA) is 60.7 Å². The Kier molecular flexibility index (Phi) is 6.34. The number of hydrogen-bond acceptors (Lipinski definition) is 5. The van der Waals surface area contributed by atoms with Crippen molar-refractivity contribution in [2.24, 2.45) is 4.99 Å². The summed E-state index contributed by atoms with van der Waals surface area (Å²) in [6.45, 7) is 1.36. The Morgan fingerprint density at radius 2 is 1.84 bits per heavy atom. The van der Waals surface area contributed by atoms with E-state index in [1.54, 1.807) is 12.1 Å². The molecule has 1 aromatic heterocycles. The van der Waals surface area contributed by atoms with E-state index in [9.17, 15) is 9.59 Å². The van der Waals surface area contributed by atoms with Crippen molar-refractivity contribution in [3.8, 4) is 5.75 Å². The number of nitrogens with zero attached hydrogens (tertiary/aromatic N) is 2. The van der Waals surface area contributed by atoms with E-state index in [0.29, 0.717) is 25.1 Å². The van der Waals surface area contributed by atoms with Gasteiger partial charge in [-0.3, -0.25) is 14.2 Å². The van der Waals surface area contributed by atoms with Gasteiger partial charge in [-0.25, -0.2) is 4.99 Å². The number of aromatic nitrogens is 1. The molecule has 0 saturated carbocycles. The van der Waals surface area contributed by atoms with Crippen molar-refractivity contribution in [2.75, 3.05) is 0 Å².